The number of nitriles is 1. The summed E-state index contributed by atoms with van der Waals surface area (Å²) in [7, 11) is 0. The lowest BCUT2D eigenvalue weighted by Crippen LogP contribution is -2.05. The Bertz CT molecular complexity index is 175. The third-order valence-electron chi connectivity index (χ3n) is 0.727. The Morgan fingerprint density at radius 3 is 3.00 bits per heavy atom. The van der Waals surface area contributed by atoms with Crippen LogP contribution in [-0.2, 0) is 4.84 Å². The molecule has 0 amide bonds. The van der Waals surface area contributed by atoms with E-state index < -0.39 is 0 Å². The summed E-state index contributed by atoms with van der Waals surface area (Å²) in [6.45, 7) is 0. The fraction of sp³-hybridized carbons (Fsp3) is 0. The first kappa shape index (κ1) is 4.72. The summed E-state index contributed by atoms with van der Waals surface area (Å²) in [5.41, 5.74) is 2.98. The van der Waals surface area contributed by atoms with Crippen molar-refractivity contribution in [1.29, 1.82) is 5.26 Å². The molecule has 0 aromatic carbocycles. The molecule has 0 atom stereocenters. The molecule has 0 fully saturated rings. The van der Waals surface area contributed by atoms with Crippen molar-refractivity contribution in [2.24, 2.45) is 0 Å². The molecule has 3 heteroatoms. The van der Waals surface area contributed by atoms with Gasteiger partial charge in [-0.25, -0.2) is 5.48 Å². The molecule has 0 unspecified atom stereocenters. The zero-order chi connectivity index (χ0) is 5.82. The monoisotopic (exact) mass is 108 g/mol. The molecular formula is C5H4N2O. The fourth-order valence-corrected chi connectivity index (χ4v) is 0.362. The average Bonchev–Trinajstić information content (AvgIpc) is 1.90. The number of allylic oxidation sites excluding steroid dienone is 2. The summed E-state index contributed by atoms with van der Waals surface area (Å²) in [5, 5.41) is 8.23. The van der Waals surface area contributed by atoms with Gasteiger partial charge in [0.15, 0.2) is 0 Å². The highest BCUT2D eigenvalue weighted by Crippen LogP contribution is 1.96. The molecule has 0 aromatic rings. The maximum atomic E-state index is 8.23. The van der Waals surface area contributed by atoms with Gasteiger partial charge in [-0.1, -0.05) is 0 Å². The lowest BCUT2D eigenvalue weighted by atomic mass is 10.3. The number of hydrogen-bond donors (Lipinski definition) is 1. The summed E-state index contributed by atoms with van der Waals surface area (Å²) < 4.78 is 0. The lowest BCUT2D eigenvalue weighted by Gasteiger charge is -2.01. The third-order valence-corrected chi connectivity index (χ3v) is 0.727. The zero-order valence-electron chi connectivity index (χ0n) is 4.09. The third kappa shape index (κ3) is 0.793. The van der Waals surface area contributed by atoms with Gasteiger partial charge < -0.3 is 4.84 Å². The smallest absolute Gasteiger partial charge is 0.120 e. The minimum absolute atomic E-state index is 0.566. The maximum Gasteiger partial charge on any atom is 0.120 e. The summed E-state index contributed by atoms with van der Waals surface area (Å²) in [6, 6.07) is 1.94. The van der Waals surface area contributed by atoms with Gasteiger partial charge in [0, 0.05) is 0 Å². The van der Waals surface area contributed by atoms with Crippen LogP contribution in [0.15, 0.2) is 24.1 Å². The molecule has 8 heavy (non-hydrogen) atoms. The summed E-state index contributed by atoms with van der Waals surface area (Å²) in [6.07, 6.45) is 4.48. The standard InChI is InChI=1S/C5H4N2O/c6-3-5-1-2-8-7-4-5/h1-2,4,7H. The molecule has 0 saturated heterocycles. The number of nitrogens with zero attached hydrogens (tertiary/aromatic N) is 1. The van der Waals surface area contributed by atoms with E-state index in [0.717, 1.165) is 0 Å². The van der Waals surface area contributed by atoms with Gasteiger partial charge in [-0.05, 0) is 6.08 Å². The second-order valence-electron chi connectivity index (χ2n) is 1.25. The highest BCUT2D eigenvalue weighted by atomic mass is 16.6. The molecule has 0 radical (unpaired) electrons. The summed E-state index contributed by atoms with van der Waals surface area (Å²) in [4.78, 5) is 4.54. The Morgan fingerprint density at radius 2 is 2.62 bits per heavy atom. The van der Waals surface area contributed by atoms with Crippen molar-refractivity contribution in [3.63, 3.8) is 0 Å². The van der Waals surface area contributed by atoms with Crippen LogP contribution in [0.2, 0.25) is 0 Å². The van der Waals surface area contributed by atoms with Crippen LogP contribution in [-0.4, -0.2) is 0 Å². The van der Waals surface area contributed by atoms with Crippen LogP contribution in [0, 0.1) is 11.3 Å². The van der Waals surface area contributed by atoms with E-state index >= 15 is 0 Å². The van der Waals surface area contributed by atoms with E-state index in [1.165, 1.54) is 12.5 Å². The SMILES string of the molecule is N#CC1=CNOC=C1. The van der Waals surface area contributed by atoms with E-state index in [0.29, 0.717) is 5.57 Å². The van der Waals surface area contributed by atoms with Gasteiger partial charge in [-0.3, -0.25) is 0 Å². The number of hydroxylamine groups is 1. The van der Waals surface area contributed by atoms with Crippen molar-refractivity contribution in [2.45, 2.75) is 0 Å². The Hall–Kier alpha value is -1.43. The second kappa shape index (κ2) is 2.03. The van der Waals surface area contributed by atoms with Gasteiger partial charge in [-0.2, -0.15) is 5.26 Å². The Morgan fingerprint density at radius 1 is 1.75 bits per heavy atom. The van der Waals surface area contributed by atoms with Gasteiger partial charge in [-0.15, -0.1) is 0 Å². The number of hydrogen-bond acceptors (Lipinski definition) is 3. The Balaban J connectivity index is 2.68. The molecule has 0 saturated carbocycles. The van der Waals surface area contributed by atoms with E-state index in [4.69, 9.17) is 5.26 Å². The molecule has 0 bridgehead atoms. The molecule has 0 aromatic heterocycles. The van der Waals surface area contributed by atoms with Crippen LogP contribution in [0.1, 0.15) is 0 Å². The van der Waals surface area contributed by atoms with Crippen molar-refractivity contribution in [2.75, 3.05) is 0 Å². The average molecular weight is 108 g/mol. The van der Waals surface area contributed by atoms with E-state index in [1.807, 2.05) is 6.07 Å². The normalized spacial score (nSPS) is 15.1. The van der Waals surface area contributed by atoms with Crippen molar-refractivity contribution in [1.82, 2.24) is 5.48 Å². The van der Waals surface area contributed by atoms with Crippen LogP contribution in [0.3, 0.4) is 0 Å². The van der Waals surface area contributed by atoms with E-state index in [9.17, 15) is 0 Å². The van der Waals surface area contributed by atoms with Crippen molar-refractivity contribution >= 4 is 0 Å². The highest BCUT2D eigenvalue weighted by molar-refractivity contribution is 5.31. The van der Waals surface area contributed by atoms with Crippen LogP contribution < -0.4 is 5.48 Å². The Kier molecular flexibility index (Phi) is 1.20. The van der Waals surface area contributed by atoms with Gasteiger partial charge >= 0.3 is 0 Å². The Labute approximate surface area is 46.8 Å². The second-order valence-corrected chi connectivity index (χ2v) is 1.25. The zero-order valence-corrected chi connectivity index (χ0v) is 4.09. The fourth-order valence-electron chi connectivity index (χ4n) is 0.362. The lowest BCUT2D eigenvalue weighted by molar-refractivity contribution is 0.171. The topological polar surface area (TPSA) is 45.0 Å². The molecule has 1 aliphatic heterocycles. The van der Waals surface area contributed by atoms with Crippen LogP contribution in [0.4, 0.5) is 0 Å². The van der Waals surface area contributed by atoms with Crippen LogP contribution >= 0.6 is 0 Å². The number of rotatable bonds is 0. The molecule has 3 nitrogen and oxygen atoms in total. The minimum atomic E-state index is 0.566. The van der Waals surface area contributed by atoms with Crippen molar-refractivity contribution in [3.8, 4) is 6.07 Å². The first-order valence-corrected chi connectivity index (χ1v) is 2.11. The van der Waals surface area contributed by atoms with Crippen molar-refractivity contribution < 1.29 is 4.84 Å². The van der Waals surface area contributed by atoms with Crippen LogP contribution in [0.25, 0.3) is 0 Å². The largest absolute Gasteiger partial charge is 0.390 e. The number of nitrogens with one attached hydrogen (secondary N) is 1. The molecule has 1 N–H and O–H groups in total. The van der Waals surface area contributed by atoms with Gasteiger partial charge in [0.2, 0.25) is 0 Å². The molecule has 40 valence electrons. The quantitative estimate of drug-likeness (QED) is 0.489. The first-order valence-electron chi connectivity index (χ1n) is 2.11. The molecule has 0 spiro atoms. The predicted octanol–water partition coefficient (Wildman–Crippen LogP) is 0.442. The molecule has 0 aliphatic carbocycles. The summed E-state index contributed by atoms with van der Waals surface area (Å²) in [5.74, 6) is 0. The van der Waals surface area contributed by atoms with E-state index in [-0.39, 0.29) is 0 Å². The van der Waals surface area contributed by atoms with Crippen LogP contribution in [0.5, 0.6) is 0 Å². The molecule has 1 aliphatic rings. The minimum Gasteiger partial charge on any atom is -0.390 e. The van der Waals surface area contributed by atoms with Crippen molar-refractivity contribution in [3.05, 3.63) is 24.1 Å². The highest BCUT2D eigenvalue weighted by Gasteiger charge is 1.90. The molecule has 1 rings (SSSR count). The van der Waals surface area contributed by atoms with E-state index in [1.54, 1.807) is 6.08 Å². The van der Waals surface area contributed by atoms with E-state index in [2.05, 4.69) is 10.3 Å². The maximum absolute atomic E-state index is 8.23. The molecular weight excluding hydrogens is 104 g/mol. The summed E-state index contributed by atoms with van der Waals surface area (Å²) >= 11 is 0. The first-order chi connectivity index (χ1) is 3.93. The van der Waals surface area contributed by atoms with Gasteiger partial charge in [0.1, 0.15) is 12.3 Å². The predicted molar refractivity (Wildman–Crippen MR) is 27.1 cm³/mol. The van der Waals surface area contributed by atoms with Gasteiger partial charge in [0.05, 0.1) is 11.8 Å². The molecule has 1 heterocycles. The van der Waals surface area contributed by atoms with Gasteiger partial charge in [0.25, 0.3) is 0 Å².